The molecule has 13 heavy (non-hydrogen) atoms. The van der Waals surface area contributed by atoms with Crippen molar-refractivity contribution >= 4 is 22.7 Å². The maximum atomic E-state index is 10.6. The highest BCUT2D eigenvalue weighted by Gasteiger charge is 2.08. The van der Waals surface area contributed by atoms with Crippen LogP contribution in [0.5, 0.6) is 0 Å². The van der Waals surface area contributed by atoms with Crippen LogP contribution in [0.4, 0.5) is 5.82 Å². The van der Waals surface area contributed by atoms with Gasteiger partial charge in [-0.3, -0.25) is 0 Å². The van der Waals surface area contributed by atoms with Crippen LogP contribution >= 0.6 is 0 Å². The molecule has 2 heterocycles. The average Bonchev–Trinajstić information content (AvgIpc) is 2.49. The van der Waals surface area contributed by atoms with Crippen LogP contribution in [-0.4, -0.2) is 21.0 Å². The molecule has 0 aliphatic heterocycles. The minimum atomic E-state index is -1.00. The molecule has 66 valence electrons. The summed E-state index contributed by atoms with van der Waals surface area (Å²) in [6.07, 6.45) is 1.53. The zero-order valence-corrected chi connectivity index (χ0v) is 6.61. The number of rotatable bonds is 1. The normalized spacial score (nSPS) is 10.5. The molecule has 2 aromatic heterocycles. The van der Waals surface area contributed by atoms with Gasteiger partial charge in [0.05, 0.1) is 5.52 Å². The molecule has 0 aliphatic carbocycles. The van der Waals surface area contributed by atoms with E-state index in [1.807, 2.05) is 0 Å². The molecule has 0 bridgehead atoms. The van der Waals surface area contributed by atoms with Crippen LogP contribution < -0.4 is 5.73 Å². The van der Waals surface area contributed by atoms with E-state index in [1.54, 1.807) is 6.07 Å². The second-order valence-corrected chi connectivity index (χ2v) is 2.65. The average molecular weight is 177 g/mol. The highest BCUT2D eigenvalue weighted by molar-refractivity contribution is 5.97. The zero-order chi connectivity index (χ0) is 9.42. The van der Waals surface area contributed by atoms with Gasteiger partial charge in [-0.15, -0.1) is 0 Å². The van der Waals surface area contributed by atoms with Crippen molar-refractivity contribution in [2.45, 2.75) is 0 Å². The maximum absolute atomic E-state index is 10.6. The van der Waals surface area contributed by atoms with Crippen molar-refractivity contribution in [3.8, 4) is 0 Å². The Morgan fingerprint density at radius 3 is 3.00 bits per heavy atom. The molecule has 0 aliphatic rings. The molecule has 0 spiro atoms. The fourth-order valence-electron chi connectivity index (χ4n) is 1.19. The standard InChI is InChI=1S/C8H7N3O2/c9-7-4-3-6(8(12)13)11-5(4)1-2-10-7/h1-3,11H,(H2,9,10)(H,12,13). The summed E-state index contributed by atoms with van der Waals surface area (Å²) in [7, 11) is 0. The number of H-pyrrole nitrogens is 1. The number of nitrogens with two attached hydrogens (primary N) is 1. The largest absolute Gasteiger partial charge is 0.477 e. The Morgan fingerprint density at radius 2 is 2.38 bits per heavy atom. The van der Waals surface area contributed by atoms with E-state index in [9.17, 15) is 4.79 Å². The van der Waals surface area contributed by atoms with Crippen LogP contribution in [-0.2, 0) is 0 Å². The first kappa shape index (κ1) is 7.60. The summed E-state index contributed by atoms with van der Waals surface area (Å²) in [5, 5.41) is 9.32. The second kappa shape index (κ2) is 2.48. The van der Waals surface area contributed by atoms with Gasteiger partial charge < -0.3 is 15.8 Å². The Bertz CT molecular complexity index is 475. The molecule has 0 radical (unpaired) electrons. The van der Waals surface area contributed by atoms with Gasteiger partial charge in [0.25, 0.3) is 0 Å². The number of carboxylic acids is 1. The summed E-state index contributed by atoms with van der Waals surface area (Å²) in [6.45, 7) is 0. The first-order valence-corrected chi connectivity index (χ1v) is 3.65. The van der Waals surface area contributed by atoms with Gasteiger partial charge in [-0.2, -0.15) is 0 Å². The second-order valence-electron chi connectivity index (χ2n) is 2.65. The minimum absolute atomic E-state index is 0.120. The van der Waals surface area contributed by atoms with Crippen molar-refractivity contribution in [3.05, 3.63) is 24.0 Å². The highest BCUT2D eigenvalue weighted by atomic mass is 16.4. The summed E-state index contributed by atoms with van der Waals surface area (Å²) in [5.74, 6) is -0.670. The van der Waals surface area contributed by atoms with E-state index < -0.39 is 5.97 Å². The Kier molecular flexibility index (Phi) is 1.45. The van der Waals surface area contributed by atoms with Crippen LogP contribution in [0.25, 0.3) is 10.9 Å². The number of nitrogens with zero attached hydrogens (tertiary/aromatic N) is 1. The molecule has 0 saturated carbocycles. The predicted molar refractivity (Wildman–Crippen MR) is 47.5 cm³/mol. The number of nitrogens with one attached hydrogen (secondary N) is 1. The molecule has 2 rings (SSSR count). The van der Waals surface area contributed by atoms with Crippen LogP contribution in [0, 0.1) is 0 Å². The third-order valence-electron chi connectivity index (χ3n) is 1.81. The monoisotopic (exact) mass is 177 g/mol. The van der Waals surface area contributed by atoms with Crippen molar-refractivity contribution in [3.63, 3.8) is 0 Å². The Morgan fingerprint density at radius 1 is 1.62 bits per heavy atom. The van der Waals surface area contributed by atoms with E-state index in [0.29, 0.717) is 16.7 Å². The van der Waals surface area contributed by atoms with E-state index in [4.69, 9.17) is 10.8 Å². The van der Waals surface area contributed by atoms with Crippen molar-refractivity contribution in [2.24, 2.45) is 0 Å². The number of hydrogen-bond donors (Lipinski definition) is 3. The molecule has 0 saturated heterocycles. The molecule has 0 atom stereocenters. The highest BCUT2D eigenvalue weighted by Crippen LogP contribution is 2.19. The Labute approximate surface area is 73.2 Å². The topological polar surface area (TPSA) is 92.0 Å². The van der Waals surface area contributed by atoms with Gasteiger partial charge in [0, 0.05) is 11.6 Å². The quantitative estimate of drug-likeness (QED) is 0.601. The van der Waals surface area contributed by atoms with Gasteiger partial charge in [-0.05, 0) is 12.1 Å². The van der Waals surface area contributed by atoms with E-state index in [2.05, 4.69) is 9.97 Å². The summed E-state index contributed by atoms with van der Waals surface area (Å²) in [4.78, 5) is 17.2. The van der Waals surface area contributed by atoms with Crippen molar-refractivity contribution in [1.82, 2.24) is 9.97 Å². The molecule has 5 nitrogen and oxygen atoms in total. The molecule has 0 fully saturated rings. The van der Waals surface area contributed by atoms with Crippen molar-refractivity contribution in [1.29, 1.82) is 0 Å². The number of pyridine rings is 1. The lowest BCUT2D eigenvalue weighted by molar-refractivity contribution is 0.0691. The Hall–Kier alpha value is -2.04. The smallest absolute Gasteiger partial charge is 0.352 e. The van der Waals surface area contributed by atoms with E-state index >= 15 is 0 Å². The van der Waals surface area contributed by atoms with Gasteiger partial charge in [-0.1, -0.05) is 0 Å². The zero-order valence-electron chi connectivity index (χ0n) is 6.61. The molecule has 5 heteroatoms. The first-order valence-electron chi connectivity index (χ1n) is 3.65. The lowest BCUT2D eigenvalue weighted by atomic mass is 10.3. The number of fused-ring (bicyclic) bond motifs is 1. The third-order valence-corrected chi connectivity index (χ3v) is 1.81. The number of nitrogen functional groups attached to an aromatic ring is 1. The number of anilines is 1. The van der Waals surface area contributed by atoms with Crippen LogP contribution in [0.2, 0.25) is 0 Å². The van der Waals surface area contributed by atoms with E-state index in [0.717, 1.165) is 0 Å². The molecular weight excluding hydrogens is 170 g/mol. The minimum Gasteiger partial charge on any atom is -0.477 e. The fourth-order valence-corrected chi connectivity index (χ4v) is 1.19. The molecule has 0 unspecified atom stereocenters. The summed E-state index contributed by atoms with van der Waals surface area (Å²) in [5.41, 5.74) is 6.35. The van der Waals surface area contributed by atoms with Gasteiger partial charge in [0.1, 0.15) is 11.5 Å². The lowest BCUT2D eigenvalue weighted by Gasteiger charge is -1.91. The van der Waals surface area contributed by atoms with Crippen LogP contribution in [0.15, 0.2) is 18.3 Å². The Balaban J connectivity index is 2.75. The molecular formula is C8H7N3O2. The van der Waals surface area contributed by atoms with Crippen molar-refractivity contribution < 1.29 is 9.90 Å². The van der Waals surface area contributed by atoms with E-state index in [-0.39, 0.29) is 5.69 Å². The number of aromatic carboxylic acids is 1. The first-order chi connectivity index (χ1) is 6.18. The predicted octanol–water partition coefficient (Wildman–Crippen LogP) is 0.843. The summed E-state index contributed by atoms with van der Waals surface area (Å²) < 4.78 is 0. The number of aromatic nitrogens is 2. The molecule has 0 amide bonds. The third kappa shape index (κ3) is 1.10. The van der Waals surface area contributed by atoms with Gasteiger partial charge in [0.2, 0.25) is 0 Å². The van der Waals surface area contributed by atoms with Gasteiger partial charge in [0.15, 0.2) is 0 Å². The van der Waals surface area contributed by atoms with Crippen molar-refractivity contribution in [2.75, 3.05) is 5.73 Å². The molecule has 4 N–H and O–H groups in total. The number of carbonyl (C=O) groups is 1. The SMILES string of the molecule is Nc1nccc2[nH]c(C(=O)O)cc12. The number of aromatic amines is 1. The number of carboxylic acid groups (broad SMARTS) is 1. The maximum Gasteiger partial charge on any atom is 0.352 e. The number of hydrogen-bond acceptors (Lipinski definition) is 3. The lowest BCUT2D eigenvalue weighted by Crippen LogP contribution is -1.94. The van der Waals surface area contributed by atoms with Crippen LogP contribution in [0.3, 0.4) is 0 Å². The van der Waals surface area contributed by atoms with Gasteiger partial charge >= 0.3 is 5.97 Å². The fraction of sp³-hybridized carbons (Fsp3) is 0. The summed E-state index contributed by atoms with van der Waals surface area (Å²) >= 11 is 0. The van der Waals surface area contributed by atoms with E-state index in [1.165, 1.54) is 12.3 Å². The van der Waals surface area contributed by atoms with Gasteiger partial charge in [-0.25, -0.2) is 9.78 Å². The molecule has 2 aromatic rings. The van der Waals surface area contributed by atoms with Crippen LogP contribution in [0.1, 0.15) is 10.5 Å². The summed E-state index contributed by atoms with van der Waals surface area (Å²) in [6, 6.07) is 3.15. The molecule has 0 aromatic carbocycles.